The third-order valence-corrected chi connectivity index (χ3v) is 16.8. The number of hydrogen-bond acceptors (Lipinski definition) is 3. The van der Waals surface area contributed by atoms with Gasteiger partial charge in [-0.3, -0.25) is 0 Å². The minimum Gasteiger partial charge on any atom is -0.454 e. The van der Waals surface area contributed by atoms with Crippen molar-refractivity contribution in [1.29, 1.82) is 0 Å². The van der Waals surface area contributed by atoms with Gasteiger partial charge in [-0.05, 0) is 116 Å². The fraction of sp³-hybridized carbons (Fsp3) is 0.0333. The molecule has 0 fully saturated rings. The molecule has 11 aromatic rings. The predicted molar refractivity (Wildman–Crippen MR) is 274 cm³/mol. The van der Waals surface area contributed by atoms with E-state index in [2.05, 4.69) is 241 Å². The molecule has 64 heavy (non-hydrogen) atoms. The summed E-state index contributed by atoms with van der Waals surface area (Å²) in [7, 11) is -2.12. The van der Waals surface area contributed by atoms with Crippen LogP contribution in [-0.4, -0.2) is 8.07 Å². The highest BCUT2D eigenvalue weighted by Gasteiger charge is 2.36. The number of hydrogen-bond donors (Lipinski definition) is 0. The molecule has 0 radical (unpaired) electrons. The van der Waals surface area contributed by atoms with Crippen molar-refractivity contribution in [3.05, 3.63) is 231 Å². The van der Waals surface area contributed by atoms with Gasteiger partial charge < -0.3 is 14.2 Å². The smallest absolute Gasteiger partial charge is 0.159 e. The molecule has 0 saturated heterocycles. The molecule has 304 valence electrons. The molecule has 1 aliphatic rings. The van der Waals surface area contributed by atoms with E-state index in [9.17, 15) is 0 Å². The Morgan fingerprint density at radius 3 is 1.48 bits per heavy atom. The molecule has 0 N–H and O–H groups in total. The van der Waals surface area contributed by atoms with Crippen molar-refractivity contribution >= 4 is 85.3 Å². The van der Waals surface area contributed by atoms with E-state index in [-0.39, 0.29) is 0 Å². The van der Waals surface area contributed by atoms with Crippen LogP contribution in [0.1, 0.15) is 0 Å². The van der Waals surface area contributed by atoms with Crippen LogP contribution in [0.5, 0.6) is 0 Å². The van der Waals surface area contributed by atoms with E-state index in [0.29, 0.717) is 0 Å². The molecule has 12 rings (SSSR count). The fourth-order valence-corrected chi connectivity index (χ4v) is 13.2. The SMILES string of the molecule is C[Si]1(C)c2cc(-c3ccc(-c4ccc(N(c5ccccc5)c5cccc6c5oc5ccccc56)cc4)cc3)ccc2-c2ccc(N(c3ccccc3)c3ccccc3)c3cccc1c23. The van der Waals surface area contributed by atoms with Gasteiger partial charge in [-0.1, -0.05) is 177 Å². The molecule has 0 amide bonds. The van der Waals surface area contributed by atoms with E-state index in [1.165, 1.54) is 60.2 Å². The van der Waals surface area contributed by atoms with Crippen LogP contribution in [0, 0.1) is 0 Å². The zero-order valence-corrected chi connectivity index (χ0v) is 36.7. The fourth-order valence-electron chi connectivity index (χ4n) is 10.1. The van der Waals surface area contributed by atoms with Crippen LogP contribution >= 0.6 is 0 Å². The molecule has 10 aromatic carbocycles. The molecule has 0 unspecified atom stereocenters. The number of para-hydroxylation sites is 5. The Morgan fingerprint density at radius 2 is 0.828 bits per heavy atom. The van der Waals surface area contributed by atoms with Gasteiger partial charge in [-0.25, -0.2) is 0 Å². The molecule has 1 aromatic heterocycles. The first kappa shape index (κ1) is 37.8. The number of anilines is 6. The van der Waals surface area contributed by atoms with Gasteiger partial charge in [0.15, 0.2) is 5.58 Å². The van der Waals surface area contributed by atoms with Gasteiger partial charge >= 0.3 is 0 Å². The molecule has 1 aliphatic heterocycles. The Hall–Kier alpha value is -7.92. The molecule has 2 heterocycles. The monoisotopic (exact) mass is 836 g/mol. The van der Waals surface area contributed by atoms with E-state index in [1.54, 1.807) is 0 Å². The number of furan rings is 1. The van der Waals surface area contributed by atoms with Gasteiger partial charge in [0, 0.05) is 38.9 Å². The first-order valence-electron chi connectivity index (χ1n) is 22.1. The van der Waals surface area contributed by atoms with Crippen LogP contribution in [0.2, 0.25) is 13.1 Å². The molecule has 4 heteroatoms. The zero-order valence-electron chi connectivity index (χ0n) is 35.7. The van der Waals surface area contributed by atoms with Crippen molar-refractivity contribution in [3.8, 4) is 33.4 Å². The summed E-state index contributed by atoms with van der Waals surface area (Å²) < 4.78 is 6.52. The van der Waals surface area contributed by atoms with Gasteiger partial charge in [-0.2, -0.15) is 0 Å². The second-order valence-corrected chi connectivity index (χ2v) is 21.6. The summed E-state index contributed by atoms with van der Waals surface area (Å²) in [5.41, 5.74) is 15.9. The molecule has 3 nitrogen and oxygen atoms in total. The molecule has 0 aliphatic carbocycles. The van der Waals surface area contributed by atoms with Crippen LogP contribution in [0.4, 0.5) is 34.1 Å². The van der Waals surface area contributed by atoms with E-state index < -0.39 is 8.07 Å². The summed E-state index contributed by atoms with van der Waals surface area (Å²) in [5.74, 6) is 0. The van der Waals surface area contributed by atoms with Crippen LogP contribution in [0.3, 0.4) is 0 Å². The first-order valence-corrected chi connectivity index (χ1v) is 25.1. The number of rotatable bonds is 8. The summed E-state index contributed by atoms with van der Waals surface area (Å²) >= 11 is 0. The van der Waals surface area contributed by atoms with E-state index in [1.807, 2.05) is 12.1 Å². The van der Waals surface area contributed by atoms with Gasteiger partial charge in [0.05, 0.1) is 11.4 Å². The minimum atomic E-state index is -2.12. The summed E-state index contributed by atoms with van der Waals surface area (Å²) in [6.45, 7) is 5.05. The van der Waals surface area contributed by atoms with Gasteiger partial charge in [0.25, 0.3) is 0 Å². The van der Waals surface area contributed by atoms with Crippen LogP contribution in [-0.2, 0) is 0 Å². The summed E-state index contributed by atoms with van der Waals surface area (Å²) in [4.78, 5) is 4.69. The Morgan fingerprint density at radius 1 is 0.344 bits per heavy atom. The number of benzene rings is 10. The van der Waals surface area contributed by atoms with Gasteiger partial charge in [0.2, 0.25) is 0 Å². The van der Waals surface area contributed by atoms with Crippen LogP contribution in [0.15, 0.2) is 235 Å². The topological polar surface area (TPSA) is 19.6 Å². The van der Waals surface area contributed by atoms with Gasteiger partial charge in [-0.15, -0.1) is 0 Å². The van der Waals surface area contributed by atoms with Crippen molar-refractivity contribution in [2.24, 2.45) is 0 Å². The van der Waals surface area contributed by atoms with E-state index in [4.69, 9.17) is 4.42 Å². The zero-order chi connectivity index (χ0) is 42.8. The van der Waals surface area contributed by atoms with Crippen LogP contribution < -0.4 is 20.2 Å². The first-order chi connectivity index (χ1) is 31.5. The Bertz CT molecular complexity index is 3470. The quantitative estimate of drug-likeness (QED) is 0.142. The summed E-state index contributed by atoms with van der Waals surface area (Å²) in [6, 6.07) is 83.5. The standard InChI is InChI=1S/C60H44N2OSi/c1-64(2)57-27-15-24-53-54(61(45-16-6-3-7-17-45)46-18-8-4-9-19-46)39-38-51(59(53)57)50-37-34-44(40-58(50)64)43-30-28-41(29-31-43)42-32-35-48(36-33-42)62(47-20-10-5-11-21-47)55-25-14-23-52-49-22-12-13-26-56(49)63-60(52)55/h3-40H,1-2H3. The van der Waals surface area contributed by atoms with Crippen molar-refractivity contribution in [2.45, 2.75) is 13.1 Å². The molecular formula is C60H44N2OSi. The van der Waals surface area contributed by atoms with Crippen molar-refractivity contribution in [2.75, 3.05) is 9.80 Å². The lowest BCUT2D eigenvalue weighted by molar-refractivity contribution is 0.669. The minimum absolute atomic E-state index is 0.880. The van der Waals surface area contributed by atoms with E-state index in [0.717, 1.165) is 50.4 Å². The molecule has 0 atom stereocenters. The Labute approximate surface area is 374 Å². The number of fused-ring (bicyclic) bond motifs is 5. The third-order valence-electron chi connectivity index (χ3n) is 13.3. The Balaban J connectivity index is 0.876. The summed E-state index contributed by atoms with van der Waals surface area (Å²) in [6.07, 6.45) is 0. The second-order valence-electron chi connectivity index (χ2n) is 17.3. The second kappa shape index (κ2) is 15.2. The highest BCUT2D eigenvalue weighted by atomic mass is 28.3. The predicted octanol–water partition coefficient (Wildman–Crippen LogP) is 15.8. The highest BCUT2D eigenvalue weighted by Crippen LogP contribution is 2.45. The van der Waals surface area contributed by atoms with Crippen molar-refractivity contribution in [3.63, 3.8) is 0 Å². The third kappa shape index (κ3) is 6.17. The maximum absolute atomic E-state index is 6.52. The average Bonchev–Trinajstić information content (AvgIpc) is 3.74. The maximum Gasteiger partial charge on any atom is 0.159 e. The maximum atomic E-state index is 6.52. The molecular weight excluding hydrogens is 793 g/mol. The van der Waals surface area contributed by atoms with Crippen LogP contribution in [0.25, 0.3) is 66.1 Å². The van der Waals surface area contributed by atoms with Gasteiger partial charge in [0.1, 0.15) is 13.7 Å². The lowest BCUT2D eigenvalue weighted by Gasteiger charge is -2.35. The number of nitrogens with zero attached hydrogens (tertiary/aromatic N) is 2. The van der Waals surface area contributed by atoms with E-state index >= 15 is 0 Å². The lowest BCUT2D eigenvalue weighted by atomic mass is 9.93. The Kier molecular flexibility index (Phi) is 8.96. The molecule has 0 spiro atoms. The molecule has 0 bridgehead atoms. The average molecular weight is 837 g/mol. The highest BCUT2D eigenvalue weighted by molar-refractivity contribution is 7.03. The lowest BCUT2D eigenvalue weighted by Crippen LogP contribution is -2.55. The summed E-state index contributed by atoms with van der Waals surface area (Å²) in [5, 5.41) is 7.90. The molecule has 0 saturated carbocycles. The van der Waals surface area contributed by atoms with Crippen molar-refractivity contribution < 1.29 is 4.42 Å². The largest absolute Gasteiger partial charge is 0.454 e. The van der Waals surface area contributed by atoms with Crippen molar-refractivity contribution in [1.82, 2.24) is 0 Å². The normalized spacial score (nSPS) is 12.7.